The van der Waals surface area contributed by atoms with Crippen LogP contribution in [0.3, 0.4) is 0 Å². The van der Waals surface area contributed by atoms with Gasteiger partial charge in [0.25, 0.3) is 5.91 Å². The second kappa shape index (κ2) is 12.9. The Labute approximate surface area is 207 Å². The number of nitrogens with zero attached hydrogens (tertiary/aromatic N) is 1. The molecule has 0 bridgehead atoms. The van der Waals surface area contributed by atoms with Crippen molar-refractivity contribution < 1.29 is 23.9 Å². The Kier molecular flexibility index (Phi) is 9.66. The molecule has 1 fully saturated rings. The SMILES string of the molecule is COc1ccc(C(=O)NCCCC(=O)N(CC(=O)Nc2cccc(C)c2C)CC2CCCO2)cc1. The Balaban J connectivity index is 1.51. The summed E-state index contributed by atoms with van der Waals surface area (Å²) in [6.45, 7) is 5.34. The molecule has 8 heteroatoms. The van der Waals surface area contributed by atoms with Crippen LogP contribution in [0, 0.1) is 13.8 Å². The molecule has 0 saturated carbocycles. The summed E-state index contributed by atoms with van der Waals surface area (Å²) >= 11 is 0. The number of ether oxygens (including phenoxy) is 2. The average Bonchev–Trinajstić information content (AvgIpc) is 3.37. The summed E-state index contributed by atoms with van der Waals surface area (Å²) in [6.07, 6.45) is 2.48. The van der Waals surface area contributed by atoms with Crippen LogP contribution in [0.2, 0.25) is 0 Å². The number of methoxy groups -OCH3 is 1. The molecule has 1 aliphatic rings. The number of nitrogens with one attached hydrogen (secondary N) is 2. The minimum atomic E-state index is -0.238. The monoisotopic (exact) mass is 481 g/mol. The van der Waals surface area contributed by atoms with Crippen molar-refractivity contribution in [2.24, 2.45) is 0 Å². The van der Waals surface area contributed by atoms with E-state index >= 15 is 0 Å². The molecule has 0 aromatic heterocycles. The maximum absolute atomic E-state index is 13.0. The zero-order valence-electron chi connectivity index (χ0n) is 20.8. The number of amides is 3. The fourth-order valence-corrected chi connectivity index (χ4v) is 3.98. The molecule has 8 nitrogen and oxygen atoms in total. The van der Waals surface area contributed by atoms with Gasteiger partial charge in [0.05, 0.1) is 19.8 Å². The van der Waals surface area contributed by atoms with Gasteiger partial charge in [-0.3, -0.25) is 14.4 Å². The molecule has 2 aromatic rings. The van der Waals surface area contributed by atoms with Gasteiger partial charge in [0, 0.05) is 37.4 Å². The first-order chi connectivity index (χ1) is 16.9. The molecule has 35 heavy (non-hydrogen) atoms. The second-order valence-electron chi connectivity index (χ2n) is 8.79. The number of hydrogen-bond acceptors (Lipinski definition) is 5. The average molecular weight is 482 g/mol. The molecule has 188 valence electrons. The first-order valence-corrected chi connectivity index (χ1v) is 12.0. The lowest BCUT2D eigenvalue weighted by atomic mass is 10.1. The molecule has 3 amide bonds. The van der Waals surface area contributed by atoms with E-state index in [1.54, 1.807) is 36.3 Å². The summed E-state index contributed by atoms with van der Waals surface area (Å²) in [4.78, 5) is 39.6. The Morgan fingerprint density at radius 1 is 1.11 bits per heavy atom. The minimum Gasteiger partial charge on any atom is -0.497 e. The zero-order valence-corrected chi connectivity index (χ0v) is 20.8. The highest BCUT2D eigenvalue weighted by Gasteiger charge is 2.24. The van der Waals surface area contributed by atoms with Gasteiger partial charge in [0.1, 0.15) is 5.75 Å². The smallest absolute Gasteiger partial charge is 0.251 e. The van der Waals surface area contributed by atoms with Crippen LogP contribution in [0.5, 0.6) is 5.75 Å². The second-order valence-corrected chi connectivity index (χ2v) is 8.79. The van der Waals surface area contributed by atoms with Gasteiger partial charge in [-0.2, -0.15) is 0 Å². The number of hydrogen-bond donors (Lipinski definition) is 2. The molecule has 2 N–H and O–H groups in total. The van der Waals surface area contributed by atoms with Gasteiger partial charge in [0.2, 0.25) is 11.8 Å². The summed E-state index contributed by atoms with van der Waals surface area (Å²) in [5.74, 6) is 0.109. The molecule has 0 aliphatic carbocycles. The third kappa shape index (κ3) is 7.82. The van der Waals surface area contributed by atoms with Crippen LogP contribution in [0.25, 0.3) is 0 Å². The van der Waals surface area contributed by atoms with Crippen molar-refractivity contribution in [2.75, 3.05) is 38.7 Å². The maximum atomic E-state index is 13.0. The van der Waals surface area contributed by atoms with E-state index in [0.29, 0.717) is 37.4 Å². The summed E-state index contributed by atoms with van der Waals surface area (Å²) in [6, 6.07) is 12.6. The molecule has 2 aromatic carbocycles. The molecule has 1 heterocycles. The first kappa shape index (κ1) is 26.2. The van der Waals surface area contributed by atoms with Gasteiger partial charge in [0.15, 0.2) is 0 Å². The Hall–Kier alpha value is -3.39. The van der Waals surface area contributed by atoms with Crippen LogP contribution >= 0.6 is 0 Å². The van der Waals surface area contributed by atoms with E-state index in [4.69, 9.17) is 9.47 Å². The molecule has 1 saturated heterocycles. The molecule has 0 spiro atoms. The number of aryl methyl sites for hydroxylation is 1. The van der Waals surface area contributed by atoms with Crippen molar-refractivity contribution in [1.29, 1.82) is 0 Å². The first-order valence-electron chi connectivity index (χ1n) is 12.0. The highest BCUT2D eigenvalue weighted by molar-refractivity contribution is 5.95. The summed E-state index contributed by atoms with van der Waals surface area (Å²) in [5.41, 5.74) is 3.37. The van der Waals surface area contributed by atoms with Crippen LogP contribution in [0.4, 0.5) is 5.69 Å². The Morgan fingerprint density at radius 3 is 2.57 bits per heavy atom. The fourth-order valence-electron chi connectivity index (χ4n) is 3.98. The van der Waals surface area contributed by atoms with Crippen LogP contribution in [0.15, 0.2) is 42.5 Å². The van der Waals surface area contributed by atoms with E-state index < -0.39 is 0 Å². The zero-order chi connectivity index (χ0) is 25.2. The molecule has 1 atom stereocenters. The number of rotatable bonds is 11. The largest absolute Gasteiger partial charge is 0.497 e. The van der Waals surface area contributed by atoms with E-state index in [9.17, 15) is 14.4 Å². The summed E-state index contributed by atoms with van der Waals surface area (Å²) in [7, 11) is 1.57. The van der Waals surface area contributed by atoms with Crippen molar-refractivity contribution in [3.05, 3.63) is 59.2 Å². The lowest BCUT2D eigenvalue weighted by Crippen LogP contribution is -2.42. The van der Waals surface area contributed by atoms with E-state index in [1.807, 2.05) is 32.0 Å². The lowest BCUT2D eigenvalue weighted by molar-refractivity contribution is -0.136. The van der Waals surface area contributed by atoms with E-state index in [2.05, 4.69) is 10.6 Å². The van der Waals surface area contributed by atoms with E-state index in [0.717, 1.165) is 29.7 Å². The van der Waals surface area contributed by atoms with E-state index in [1.165, 1.54) is 0 Å². The molecular formula is C27H35N3O5. The maximum Gasteiger partial charge on any atom is 0.251 e. The van der Waals surface area contributed by atoms with Gasteiger partial charge >= 0.3 is 0 Å². The predicted molar refractivity (Wildman–Crippen MR) is 135 cm³/mol. The van der Waals surface area contributed by atoms with Crippen molar-refractivity contribution in [2.45, 2.75) is 45.6 Å². The normalized spacial score (nSPS) is 14.9. The van der Waals surface area contributed by atoms with Crippen LogP contribution in [-0.4, -0.2) is 62.1 Å². The van der Waals surface area contributed by atoms with Crippen LogP contribution in [-0.2, 0) is 14.3 Å². The number of benzene rings is 2. The predicted octanol–water partition coefficient (Wildman–Crippen LogP) is 3.47. The number of anilines is 1. The highest BCUT2D eigenvalue weighted by Crippen LogP contribution is 2.19. The van der Waals surface area contributed by atoms with Crippen LogP contribution < -0.4 is 15.4 Å². The Bertz CT molecular complexity index is 1020. The quantitative estimate of drug-likeness (QED) is 0.479. The Morgan fingerprint density at radius 2 is 1.89 bits per heavy atom. The van der Waals surface area contributed by atoms with Gasteiger partial charge in [-0.05, 0) is 74.6 Å². The highest BCUT2D eigenvalue weighted by atomic mass is 16.5. The minimum absolute atomic E-state index is 0.0374. The third-order valence-electron chi connectivity index (χ3n) is 6.22. The summed E-state index contributed by atoms with van der Waals surface area (Å²) in [5, 5.41) is 5.76. The lowest BCUT2D eigenvalue weighted by Gasteiger charge is -2.25. The van der Waals surface area contributed by atoms with Crippen molar-refractivity contribution >= 4 is 23.4 Å². The van der Waals surface area contributed by atoms with Gasteiger partial charge in [-0.1, -0.05) is 12.1 Å². The third-order valence-corrected chi connectivity index (χ3v) is 6.22. The molecule has 1 unspecified atom stereocenters. The van der Waals surface area contributed by atoms with Crippen LogP contribution in [0.1, 0.15) is 47.2 Å². The van der Waals surface area contributed by atoms with Gasteiger partial charge in [-0.15, -0.1) is 0 Å². The van der Waals surface area contributed by atoms with Crippen molar-refractivity contribution in [3.8, 4) is 5.75 Å². The number of carbonyl (C=O) groups is 3. The molecule has 1 aliphatic heterocycles. The topological polar surface area (TPSA) is 97.0 Å². The summed E-state index contributed by atoms with van der Waals surface area (Å²) < 4.78 is 10.8. The molecular weight excluding hydrogens is 446 g/mol. The van der Waals surface area contributed by atoms with Gasteiger partial charge in [-0.25, -0.2) is 0 Å². The van der Waals surface area contributed by atoms with E-state index in [-0.39, 0.29) is 36.8 Å². The fraction of sp³-hybridized carbons (Fsp3) is 0.444. The van der Waals surface area contributed by atoms with Crippen molar-refractivity contribution in [3.63, 3.8) is 0 Å². The molecule has 0 radical (unpaired) electrons. The van der Waals surface area contributed by atoms with Crippen molar-refractivity contribution in [1.82, 2.24) is 10.2 Å². The standard InChI is InChI=1S/C27H35N3O5/c1-19-7-4-9-24(20(19)2)29-25(31)18-30(17-23-8-6-16-35-23)26(32)10-5-15-28-27(33)21-11-13-22(34-3)14-12-21/h4,7,9,11-14,23H,5-6,8,10,15-18H2,1-3H3,(H,28,33)(H,29,31). The molecule has 3 rings (SSSR count). The number of carbonyl (C=O) groups excluding carboxylic acids is 3. The van der Waals surface area contributed by atoms with Gasteiger partial charge < -0.3 is 25.0 Å².